The quantitative estimate of drug-likeness (QED) is 0.630. The monoisotopic (exact) mass is 465 g/mol. The molecule has 184 valence electrons. The summed E-state index contributed by atoms with van der Waals surface area (Å²) in [5.74, 6) is 1.42. The Balaban J connectivity index is 1.55. The van der Waals surface area contributed by atoms with Crippen LogP contribution in [0, 0.1) is 6.92 Å². The second-order valence-electron chi connectivity index (χ2n) is 9.61. The van der Waals surface area contributed by atoms with Crippen LogP contribution in [0.1, 0.15) is 60.4 Å². The molecule has 0 saturated heterocycles. The zero-order valence-corrected chi connectivity index (χ0v) is 21.1. The van der Waals surface area contributed by atoms with Crippen molar-refractivity contribution in [3.05, 3.63) is 58.7 Å². The van der Waals surface area contributed by atoms with Gasteiger partial charge in [0.25, 0.3) is 0 Å². The second-order valence-corrected chi connectivity index (χ2v) is 9.61. The number of nitrogens with one attached hydrogen (secondary N) is 1. The first kappa shape index (κ1) is 24.4. The van der Waals surface area contributed by atoms with E-state index in [1.54, 1.807) is 14.2 Å². The van der Waals surface area contributed by atoms with Crippen molar-refractivity contribution in [2.75, 3.05) is 40.9 Å². The van der Waals surface area contributed by atoms with E-state index in [1.807, 2.05) is 23.1 Å². The normalized spacial score (nSPS) is 18.5. The molecule has 1 fully saturated rings. The molecule has 1 aliphatic heterocycles. The van der Waals surface area contributed by atoms with E-state index in [1.165, 1.54) is 43.2 Å². The van der Waals surface area contributed by atoms with Gasteiger partial charge in [0.05, 0.1) is 20.3 Å². The molecular weight excluding hydrogens is 426 g/mol. The van der Waals surface area contributed by atoms with Crippen LogP contribution in [0.5, 0.6) is 11.5 Å². The van der Waals surface area contributed by atoms with Gasteiger partial charge in [-0.2, -0.15) is 0 Å². The molecule has 1 atom stereocenters. The van der Waals surface area contributed by atoms with Gasteiger partial charge in [0.1, 0.15) is 0 Å². The fraction of sp³-hybridized carbons (Fsp3) is 0.536. The highest BCUT2D eigenvalue weighted by Crippen LogP contribution is 2.41. The summed E-state index contributed by atoms with van der Waals surface area (Å²) in [5.41, 5.74) is 4.62. The maximum atomic E-state index is 13.5. The molecule has 1 unspecified atom stereocenters. The number of hydrogen-bond acceptors (Lipinski definition) is 4. The van der Waals surface area contributed by atoms with E-state index >= 15 is 0 Å². The maximum absolute atomic E-state index is 13.5. The van der Waals surface area contributed by atoms with Crippen LogP contribution in [0.25, 0.3) is 0 Å². The van der Waals surface area contributed by atoms with Gasteiger partial charge in [-0.1, -0.05) is 43.5 Å². The number of amides is 2. The molecule has 2 aliphatic rings. The summed E-state index contributed by atoms with van der Waals surface area (Å²) < 4.78 is 11.2. The summed E-state index contributed by atoms with van der Waals surface area (Å²) in [6.45, 7) is 4.30. The van der Waals surface area contributed by atoms with Crippen LogP contribution in [-0.2, 0) is 6.42 Å². The first-order valence-electron chi connectivity index (χ1n) is 12.6. The number of methoxy groups -OCH3 is 2. The molecule has 2 amide bonds. The van der Waals surface area contributed by atoms with Gasteiger partial charge >= 0.3 is 6.03 Å². The Morgan fingerprint density at radius 2 is 1.76 bits per heavy atom. The summed E-state index contributed by atoms with van der Waals surface area (Å²) >= 11 is 0. The molecule has 6 nitrogen and oxygen atoms in total. The zero-order chi connectivity index (χ0) is 24.1. The molecule has 1 N–H and O–H groups in total. The smallest absolute Gasteiger partial charge is 0.318 e. The molecule has 2 aromatic rings. The molecule has 2 aromatic carbocycles. The van der Waals surface area contributed by atoms with Crippen LogP contribution in [0.15, 0.2) is 36.4 Å². The van der Waals surface area contributed by atoms with Gasteiger partial charge in [0.2, 0.25) is 0 Å². The van der Waals surface area contributed by atoms with Crippen LogP contribution in [-0.4, -0.2) is 62.8 Å². The van der Waals surface area contributed by atoms with Crippen molar-refractivity contribution >= 4 is 6.03 Å². The lowest BCUT2D eigenvalue weighted by Gasteiger charge is -2.39. The molecule has 34 heavy (non-hydrogen) atoms. The number of hydrogen-bond donors (Lipinski definition) is 1. The molecule has 1 heterocycles. The summed E-state index contributed by atoms with van der Waals surface area (Å²) in [6, 6.07) is 12.9. The largest absolute Gasteiger partial charge is 0.493 e. The van der Waals surface area contributed by atoms with Gasteiger partial charge in [-0.3, -0.25) is 0 Å². The van der Waals surface area contributed by atoms with Crippen LogP contribution in [0.4, 0.5) is 4.79 Å². The molecule has 0 spiro atoms. The Morgan fingerprint density at radius 1 is 1.06 bits per heavy atom. The third kappa shape index (κ3) is 5.17. The van der Waals surface area contributed by atoms with Crippen molar-refractivity contribution < 1.29 is 14.3 Å². The van der Waals surface area contributed by atoms with Gasteiger partial charge < -0.3 is 24.6 Å². The minimum absolute atomic E-state index is 0.00858. The van der Waals surface area contributed by atoms with Crippen molar-refractivity contribution in [2.45, 2.75) is 57.5 Å². The number of ether oxygens (including phenoxy) is 2. The number of carbonyl (C=O) groups excluding carboxylic acids is 1. The summed E-state index contributed by atoms with van der Waals surface area (Å²) in [4.78, 5) is 17.9. The first-order chi connectivity index (χ1) is 16.5. The van der Waals surface area contributed by atoms with Crippen LogP contribution in [0.3, 0.4) is 0 Å². The standard InChI is InChI=1S/C28H39N3O3/c1-20-10-8-9-13-23(20)27-24-19-26(34-4)25(33-3)18-21(24)14-16-31(27)28(32)29-15-17-30(2)22-11-6-5-7-12-22/h8-10,13,18-19,22,27H,5-7,11-12,14-17H2,1-4H3,(H,29,32). The predicted molar refractivity (Wildman–Crippen MR) is 136 cm³/mol. The van der Waals surface area contributed by atoms with E-state index in [-0.39, 0.29) is 12.1 Å². The lowest BCUT2D eigenvalue weighted by Crippen LogP contribution is -2.48. The third-order valence-electron chi connectivity index (χ3n) is 7.56. The highest BCUT2D eigenvalue weighted by molar-refractivity contribution is 5.76. The molecule has 6 heteroatoms. The van der Waals surface area contributed by atoms with E-state index in [9.17, 15) is 4.79 Å². The minimum atomic E-state index is -0.166. The van der Waals surface area contributed by atoms with Crippen molar-refractivity contribution in [1.82, 2.24) is 15.1 Å². The van der Waals surface area contributed by atoms with Gasteiger partial charge in [-0.05, 0) is 67.6 Å². The average Bonchev–Trinajstić information content (AvgIpc) is 2.87. The maximum Gasteiger partial charge on any atom is 0.318 e. The van der Waals surface area contributed by atoms with Gasteiger partial charge in [-0.15, -0.1) is 0 Å². The van der Waals surface area contributed by atoms with E-state index in [2.05, 4.69) is 42.4 Å². The Kier molecular flexibility index (Phi) is 7.99. The predicted octanol–water partition coefficient (Wildman–Crippen LogP) is 4.93. The minimum Gasteiger partial charge on any atom is -0.493 e. The van der Waals surface area contributed by atoms with Crippen LogP contribution < -0.4 is 14.8 Å². The molecule has 0 aromatic heterocycles. The third-order valence-corrected chi connectivity index (χ3v) is 7.56. The molecule has 1 aliphatic carbocycles. The molecule has 1 saturated carbocycles. The van der Waals surface area contributed by atoms with E-state index in [0.717, 1.165) is 29.8 Å². The number of benzene rings is 2. The Labute approximate surface area is 204 Å². The summed E-state index contributed by atoms with van der Waals surface area (Å²) in [5, 5.41) is 3.21. The number of rotatable bonds is 7. The average molecular weight is 466 g/mol. The van der Waals surface area contributed by atoms with Gasteiger partial charge in [0.15, 0.2) is 11.5 Å². The number of likely N-dealkylation sites (N-methyl/N-ethyl adjacent to an activating group) is 1. The van der Waals surface area contributed by atoms with E-state index in [4.69, 9.17) is 9.47 Å². The highest BCUT2D eigenvalue weighted by atomic mass is 16.5. The molecule has 0 bridgehead atoms. The number of urea groups is 1. The lowest BCUT2D eigenvalue weighted by molar-refractivity contribution is 0.170. The Hall–Kier alpha value is -2.73. The molecule has 4 rings (SSSR count). The Bertz CT molecular complexity index is 987. The van der Waals surface area contributed by atoms with Gasteiger partial charge in [0, 0.05) is 25.7 Å². The summed E-state index contributed by atoms with van der Waals surface area (Å²) in [7, 11) is 5.51. The summed E-state index contributed by atoms with van der Waals surface area (Å²) in [6.07, 6.45) is 7.33. The number of fused-ring (bicyclic) bond motifs is 1. The van der Waals surface area contributed by atoms with Gasteiger partial charge in [-0.25, -0.2) is 4.79 Å². The topological polar surface area (TPSA) is 54.0 Å². The van der Waals surface area contributed by atoms with Crippen LogP contribution >= 0.6 is 0 Å². The highest BCUT2D eigenvalue weighted by Gasteiger charge is 2.34. The molecular formula is C28H39N3O3. The second kappa shape index (κ2) is 11.1. The Morgan fingerprint density at radius 3 is 2.47 bits per heavy atom. The number of nitrogens with zero attached hydrogens (tertiary/aromatic N) is 2. The van der Waals surface area contributed by atoms with Crippen LogP contribution in [0.2, 0.25) is 0 Å². The SMILES string of the molecule is COc1cc2c(cc1OC)C(c1ccccc1C)N(C(=O)NCCN(C)C1CCCCC1)CC2. The van der Waals surface area contributed by atoms with Crippen molar-refractivity contribution in [2.24, 2.45) is 0 Å². The van der Waals surface area contributed by atoms with Crippen molar-refractivity contribution in [1.29, 1.82) is 0 Å². The lowest BCUT2D eigenvalue weighted by atomic mass is 9.86. The molecule has 0 radical (unpaired) electrons. The number of carbonyl (C=O) groups is 1. The zero-order valence-electron chi connectivity index (χ0n) is 21.1. The van der Waals surface area contributed by atoms with Crippen molar-refractivity contribution in [3.8, 4) is 11.5 Å². The first-order valence-corrected chi connectivity index (χ1v) is 12.6. The fourth-order valence-electron chi connectivity index (χ4n) is 5.54. The number of aryl methyl sites for hydroxylation is 1. The van der Waals surface area contributed by atoms with Crippen molar-refractivity contribution in [3.63, 3.8) is 0 Å². The fourth-order valence-corrected chi connectivity index (χ4v) is 5.54. The van der Waals surface area contributed by atoms with E-state index in [0.29, 0.717) is 24.9 Å². The van der Waals surface area contributed by atoms with E-state index < -0.39 is 0 Å².